The van der Waals surface area contributed by atoms with Gasteiger partial charge in [0.05, 0.1) is 20.2 Å². The molecule has 7 heteroatoms. The molecular weight excluding hydrogens is 318 g/mol. The van der Waals surface area contributed by atoms with Crippen molar-refractivity contribution in [2.75, 3.05) is 20.3 Å². The lowest BCUT2D eigenvalue weighted by Crippen LogP contribution is -2.24. The largest absolute Gasteiger partial charge is 0.481 e. The maximum absolute atomic E-state index is 14.3. The predicted molar refractivity (Wildman–Crippen MR) is 82.6 cm³/mol. The number of halogens is 2. The summed E-state index contributed by atoms with van der Waals surface area (Å²) in [6.45, 7) is 2.50. The lowest BCUT2D eigenvalue weighted by molar-refractivity contribution is 0.157. The Balaban J connectivity index is 2.01. The van der Waals surface area contributed by atoms with Crippen LogP contribution in [0.15, 0.2) is 24.4 Å². The van der Waals surface area contributed by atoms with Crippen molar-refractivity contribution in [3.63, 3.8) is 0 Å². The van der Waals surface area contributed by atoms with Gasteiger partial charge in [0.25, 0.3) is 0 Å². The second kappa shape index (κ2) is 6.43. The normalized spacial score (nSPS) is 14.0. The number of cyclic esters (lactones) is 1. The van der Waals surface area contributed by atoms with Gasteiger partial charge >= 0.3 is 6.09 Å². The predicted octanol–water partition coefficient (Wildman–Crippen LogP) is 3.30. The highest BCUT2D eigenvalue weighted by Crippen LogP contribution is 2.29. The van der Waals surface area contributed by atoms with Gasteiger partial charge in [0.15, 0.2) is 0 Å². The van der Waals surface area contributed by atoms with E-state index in [1.807, 2.05) is 0 Å². The van der Waals surface area contributed by atoms with Gasteiger partial charge in [-0.15, -0.1) is 0 Å². The number of nitrogens with zero attached hydrogens (tertiary/aromatic N) is 2. The number of carbonyl (C=O) groups is 1. The first kappa shape index (κ1) is 16.2. The van der Waals surface area contributed by atoms with Crippen LogP contribution in [-0.2, 0) is 11.3 Å². The fraction of sp³-hybridized carbons (Fsp3) is 0.294. The minimum atomic E-state index is -0.524. The Hall–Kier alpha value is -2.70. The molecule has 0 unspecified atom stereocenters. The van der Waals surface area contributed by atoms with E-state index in [2.05, 4.69) is 4.98 Å². The summed E-state index contributed by atoms with van der Waals surface area (Å²) in [4.78, 5) is 17.3. The number of aryl methyl sites for hydroxylation is 1. The van der Waals surface area contributed by atoms with Gasteiger partial charge in [-0.25, -0.2) is 18.6 Å². The molecule has 0 aliphatic carbocycles. The van der Waals surface area contributed by atoms with E-state index in [4.69, 9.17) is 9.47 Å². The Kier molecular flexibility index (Phi) is 4.33. The monoisotopic (exact) mass is 334 g/mol. The first-order valence-electron chi connectivity index (χ1n) is 7.40. The number of aromatic nitrogens is 1. The van der Waals surface area contributed by atoms with E-state index in [9.17, 15) is 13.6 Å². The average Bonchev–Trinajstić information content (AvgIpc) is 2.96. The van der Waals surface area contributed by atoms with Crippen LogP contribution in [0.2, 0.25) is 0 Å². The molecule has 1 aliphatic heterocycles. The van der Waals surface area contributed by atoms with Gasteiger partial charge in [0.2, 0.25) is 5.88 Å². The van der Waals surface area contributed by atoms with Gasteiger partial charge in [0, 0.05) is 22.9 Å². The van der Waals surface area contributed by atoms with Gasteiger partial charge < -0.3 is 14.4 Å². The molecule has 0 radical (unpaired) electrons. The van der Waals surface area contributed by atoms with Crippen molar-refractivity contribution in [2.24, 2.45) is 0 Å². The van der Waals surface area contributed by atoms with E-state index in [1.54, 1.807) is 6.07 Å². The van der Waals surface area contributed by atoms with Crippen LogP contribution in [0.3, 0.4) is 0 Å². The van der Waals surface area contributed by atoms with E-state index >= 15 is 0 Å². The van der Waals surface area contributed by atoms with E-state index < -0.39 is 17.7 Å². The number of ether oxygens (including phenoxy) is 2. The fourth-order valence-electron chi connectivity index (χ4n) is 2.65. The first-order valence-corrected chi connectivity index (χ1v) is 7.40. The number of rotatable bonds is 4. The minimum absolute atomic E-state index is 0.118. The molecule has 1 saturated heterocycles. The highest BCUT2D eigenvalue weighted by molar-refractivity contribution is 5.70. The highest BCUT2D eigenvalue weighted by atomic mass is 19.1. The smallest absolute Gasteiger partial charge is 0.410 e. The number of carbonyl (C=O) groups excluding carboxylic acids is 1. The number of hydrogen-bond donors (Lipinski definition) is 0. The number of benzene rings is 1. The minimum Gasteiger partial charge on any atom is -0.481 e. The van der Waals surface area contributed by atoms with Crippen molar-refractivity contribution in [2.45, 2.75) is 13.5 Å². The third-order valence-electron chi connectivity index (χ3n) is 3.86. The van der Waals surface area contributed by atoms with Crippen LogP contribution in [0.5, 0.6) is 5.88 Å². The Morgan fingerprint density at radius 1 is 1.33 bits per heavy atom. The van der Waals surface area contributed by atoms with E-state index in [0.29, 0.717) is 30.2 Å². The zero-order chi connectivity index (χ0) is 17.3. The summed E-state index contributed by atoms with van der Waals surface area (Å²) < 4.78 is 38.1. The number of methoxy groups -OCH3 is 1. The molecule has 0 saturated carbocycles. The van der Waals surface area contributed by atoms with Crippen LogP contribution < -0.4 is 4.74 Å². The summed E-state index contributed by atoms with van der Waals surface area (Å²) in [6.07, 6.45) is 0.998. The molecule has 2 aromatic rings. The summed E-state index contributed by atoms with van der Waals surface area (Å²) in [6, 6.07) is 3.91. The number of pyridine rings is 1. The Labute approximate surface area is 137 Å². The summed E-state index contributed by atoms with van der Waals surface area (Å²) in [5.74, 6) is -0.703. The van der Waals surface area contributed by atoms with E-state index in [1.165, 1.54) is 25.1 Å². The molecule has 1 aliphatic rings. The van der Waals surface area contributed by atoms with E-state index in [0.717, 1.165) is 12.1 Å². The molecule has 5 nitrogen and oxygen atoms in total. The van der Waals surface area contributed by atoms with Gasteiger partial charge in [0.1, 0.15) is 18.2 Å². The molecule has 2 heterocycles. The van der Waals surface area contributed by atoms with Crippen LogP contribution in [-0.4, -0.2) is 36.2 Å². The molecule has 3 rings (SSSR count). The zero-order valence-electron chi connectivity index (χ0n) is 13.3. The van der Waals surface area contributed by atoms with Crippen LogP contribution >= 0.6 is 0 Å². The van der Waals surface area contributed by atoms with Gasteiger partial charge in [-0.2, -0.15) is 0 Å². The molecule has 126 valence electrons. The van der Waals surface area contributed by atoms with Crippen molar-refractivity contribution >= 4 is 6.09 Å². The first-order chi connectivity index (χ1) is 11.5. The fourth-order valence-corrected chi connectivity index (χ4v) is 2.65. The van der Waals surface area contributed by atoms with Crippen molar-refractivity contribution in [1.29, 1.82) is 0 Å². The topological polar surface area (TPSA) is 51.7 Å². The second-order valence-corrected chi connectivity index (χ2v) is 5.51. The lowest BCUT2D eigenvalue weighted by atomic mass is 10.0. The third-order valence-corrected chi connectivity index (χ3v) is 3.86. The average molecular weight is 334 g/mol. The molecule has 24 heavy (non-hydrogen) atoms. The van der Waals surface area contributed by atoms with Crippen LogP contribution in [0.25, 0.3) is 11.1 Å². The van der Waals surface area contributed by atoms with E-state index in [-0.39, 0.29) is 17.7 Å². The lowest BCUT2D eigenvalue weighted by Gasteiger charge is -2.16. The number of hydrogen-bond acceptors (Lipinski definition) is 4. The summed E-state index contributed by atoms with van der Waals surface area (Å²) >= 11 is 0. The molecule has 0 N–H and O–H groups in total. The van der Waals surface area contributed by atoms with Gasteiger partial charge in [-0.1, -0.05) is 0 Å². The molecule has 0 bridgehead atoms. The van der Waals surface area contributed by atoms with Crippen molar-refractivity contribution in [3.05, 3.63) is 47.2 Å². The van der Waals surface area contributed by atoms with Gasteiger partial charge in [-0.05, 0) is 30.7 Å². The number of amides is 1. The van der Waals surface area contributed by atoms with Crippen LogP contribution in [0.1, 0.15) is 11.1 Å². The summed E-state index contributed by atoms with van der Waals surface area (Å²) in [5, 5.41) is 0. The Morgan fingerprint density at radius 3 is 2.79 bits per heavy atom. The van der Waals surface area contributed by atoms with Crippen LogP contribution in [0.4, 0.5) is 13.6 Å². The Bertz CT molecular complexity index is 796. The quantitative estimate of drug-likeness (QED) is 0.861. The maximum Gasteiger partial charge on any atom is 0.410 e. The molecule has 1 aromatic carbocycles. The molecule has 1 aromatic heterocycles. The molecule has 1 fully saturated rings. The Morgan fingerprint density at radius 2 is 2.12 bits per heavy atom. The standard InChI is InChI=1S/C17H16F2N2O3/c1-10-5-13(18)7-14(15(10)19)11-6-12(16(23-2)20-8-11)9-21-3-4-24-17(21)22/h5-8H,3-4,9H2,1-2H3. The summed E-state index contributed by atoms with van der Waals surface area (Å²) in [7, 11) is 1.46. The van der Waals surface area contributed by atoms with Gasteiger partial charge in [-0.3, -0.25) is 0 Å². The molecule has 1 amide bonds. The molecule has 0 spiro atoms. The summed E-state index contributed by atoms with van der Waals surface area (Å²) in [5.41, 5.74) is 1.34. The molecular formula is C17H16F2N2O3. The van der Waals surface area contributed by atoms with Crippen LogP contribution in [0, 0.1) is 18.6 Å². The SMILES string of the molecule is COc1ncc(-c2cc(F)cc(C)c2F)cc1CN1CCOC1=O. The molecule has 0 atom stereocenters. The maximum atomic E-state index is 14.3. The second-order valence-electron chi connectivity index (χ2n) is 5.51. The van der Waals surface area contributed by atoms with Crippen molar-refractivity contribution in [3.8, 4) is 17.0 Å². The third kappa shape index (κ3) is 3.02. The van der Waals surface area contributed by atoms with Crippen molar-refractivity contribution in [1.82, 2.24) is 9.88 Å². The zero-order valence-corrected chi connectivity index (χ0v) is 13.3. The highest BCUT2D eigenvalue weighted by Gasteiger charge is 2.24. The van der Waals surface area contributed by atoms with Crippen molar-refractivity contribution < 1.29 is 23.0 Å².